The van der Waals surface area contributed by atoms with Gasteiger partial charge in [0, 0.05) is 32.6 Å². The molecule has 0 spiro atoms. The van der Waals surface area contributed by atoms with Gasteiger partial charge in [-0.1, -0.05) is 24.3 Å². The minimum Gasteiger partial charge on any atom is -0.493 e. The molecule has 168 valence electrons. The lowest BCUT2D eigenvalue weighted by Crippen LogP contribution is -2.42. The number of aliphatic imine (C=N–C) groups is 1. The second-order valence-electron chi connectivity index (χ2n) is 7.57. The lowest BCUT2D eigenvalue weighted by atomic mass is 10.0. The Balaban J connectivity index is 0.00000341. The van der Waals surface area contributed by atoms with Crippen molar-refractivity contribution in [1.29, 1.82) is 0 Å². The molecule has 0 bridgehead atoms. The Morgan fingerprint density at radius 3 is 2.77 bits per heavy atom. The van der Waals surface area contributed by atoms with Crippen LogP contribution in [0.5, 0.6) is 5.75 Å². The van der Waals surface area contributed by atoms with E-state index < -0.39 is 0 Å². The first-order valence-electron chi connectivity index (χ1n) is 10.2. The molecule has 1 atom stereocenters. The van der Waals surface area contributed by atoms with E-state index in [1.165, 1.54) is 17.0 Å². The third-order valence-corrected chi connectivity index (χ3v) is 5.13. The number of aryl methyl sites for hydroxylation is 1. The molecular weight excluding hydrogens is 510 g/mol. The van der Waals surface area contributed by atoms with Crippen molar-refractivity contribution in [3.63, 3.8) is 0 Å². The maximum absolute atomic E-state index is 13.3. The second-order valence-corrected chi connectivity index (χ2v) is 7.57. The monoisotopic (exact) mass is 540 g/mol. The third-order valence-electron chi connectivity index (χ3n) is 5.13. The first-order chi connectivity index (χ1) is 14.4. The number of hydrogen-bond donors (Lipinski definition) is 2. The number of fused-ring (bicyclic) bond motifs is 1. The smallest absolute Gasteiger partial charge is 0.243 e. The summed E-state index contributed by atoms with van der Waals surface area (Å²) < 4.78 is 19.1. The number of likely N-dealkylation sites (N-methyl/N-ethyl adjacent to an activating group) is 1. The number of carbonyl (C=O) groups excluding carboxylic acids is 1. The Hall–Kier alpha value is -2.36. The SMILES string of the molecule is Cc1cc(F)ccc1CCNC(=NCC(=O)N(C)C)NC1CCOc2ccccc21.I. The average Bonchev–Trinajstić information content (AvgIpc) is 2.73. The van der Waals surface area contributed by atoms with Crippen LogP contribution in [0, 0.1) is 12.7 Å². The lowest BCUT2D eigenvalue weighted by Gasteiger charge is -2.28. The molecule has 2 aromatic rings. The molecule has 1 heterocycles. The molecule has 1 amide bonds. The molecule has 0 aliphatic carbocycles. The molecule has 1 unspecified atom stereocenters. The van der Waals surface area contributed by atoms with Gasteiger partial charge in [-0.3, -0.25) is 4.79 Å². The number of carbonyl (C=O) groups is 1. The topological polar surface area (TPSA) is 66.0 Å². The molecule has 0 saturated heterocycles. The fraction of sp³-hybridized carbons (Fsp3) is 0.391. The molecule has 1 aliphatic rings. The first-order valence-corrected chi connectivity index (χ1v) is 10.2. The van der Waals surface area contributed by atoms with Gasteiger partial charge in [-0.15, -0.1) is 24.0 Å². The van der Waals surface area contributed by atoms with Gasteiger partial charge in [0.25, 0.3) is 0 Å². The molecule has 0 fully saturated rings. The zero-order valence-corrected chi connectivity index (χ0v) is 20.5. The highest BCUT2D eigenvalue weighted by molar-refractivity contribution is 14.0. The molecule has 1 aliphatic heterocycles. The summed E-state index contributed by atoms with van der Waals surface area (Å²) in [5, 5.41) is 6.76. The molecule has 0 radical (unpaired) electrons. The summed E-state index contributed by atoms with van der Waals surface area (Å²) >= 11 is 0. The molecule has 31 heavy (non-hydrogen) atoms. The summed E-state index contributed by atoms with van der Waals surface area (Å²) in [6.45, 7) is 3.19. The summed E-state index contributed by atoms with van der Waals surface area (Å²) in [7, 11) is 3.43. The highest BCUT2D eigenvalue weighted by Gasteiger charge is 2.22. The van der Waals surface area contributed by atoms with E-state index in [1.54, 1.807) is 20.2 Å². The van der Waals surface area contributed by atoms with Crippen LogP contribution in [0.25, 0.3) is 0 Å². The number of benzene rings is 2. The van der Waals surface area contributed by atoms with Crippen molar-refractivity contribution < 1.29 is 13.9 Å². The van der Waals surface area contributed by atoms with Crippen molar-refractivity contribution in [2.45, 2.75) is 25.8 Å². The minimum absolute atomic E-state index is 0. The number of amides is 1. The van der Waals surface area contributed by atoms with Crippen LogP contribution >= 0.6 is 24.0 Å². The van der Waals surface area contributed by atoms with E-state index in [2.05, 4.69) is 15.6 Å². The van der Waals surface area contributed by atoms with Gasteiger partial charge in [0.05, 0.1) is 12.6 Å². The first kappa shape index (κ1) is 24.9. The molecule has 2 N–H and O–H groups in total. The summed E-state index contributed by atoms with van der Waals surface area (Å²) in [5.74, 6) is 1.14. The highest BCUT2D eigenvalue weighted by atomic mass is 127. The van der Waals surface area contributed by atoms with Crippen LogP contribution in [-0.4, -0.2) is 50.6 Å². The van der Waals surface area contributed by atoms with Gasteiger partial charge >= 0.3 is 0 Å². The van der Waals surface area contributed by atoms with Crippen LogP contribution in [0.1, 0.15) is 29.2 Å². The molecular formula is C23H30FIN4O2. The highest BCUT2D eigenvalue weighted by Crippen LogP contribution is 2.31. The van der Waals surface area contributed by atoms with Crippen molar-refractivity contribution in [2.24, 2.45) is 4.99 Å². The van der Waals surface area contributed by atoms with Gasteiger partial charge in [0.15, 0.2) is 5.96 Å². The summed E-state index contributed by atoms with van der Waals surface area (Å²) in [6, 6.07) is 12.8. The molecule has 6 nitrogen and oxygen atoms in total. The van der Waals surface area contributed by atoms with Crippen molar-refractivity contribution in [3.05, 3.63) is 65.0 Å². The Morgan fingerprint density at radius 2 is 2.03 bits per heavy atom. The van der Waals surface area contributed by atoms with E-state index in [0.717, 1.165) is 35.3 Å². The van der Waals surface area contributed by atoms with E-state index in [0.29, 0.717) is 19.1 Å². The van der Waals surface area contributed by atoms with Crippen LogP contribution in [0.3, 0.4) is 0 Å². The average molecular weight is 540 g/mol. The van der Waals surface area contributed by atoms with Crippen LogP contribution in [0.4, 0.5) is 4.39 Å². The number of para-hydroxylation sites is 1. The Bertz CT molecular complexity index is 920. The number of nitrogens with zero attached hydrogens (tertiary/aromatic N) is 2. The Labute approximate surface area is 200 Å². The van der Waals surface area contributed by atoms with Crippen molar-refractivity contribution >= 4 is 35.8 Å². The second kappa shape index (κ2) is 11.9. The summed E-state index contributed by atoms with van der Waals surface area (Å²) in [5.41, 5.74) is 3.07. The fourth-order valence-electron chi connectivity index (χ4n) is 3.35. The zero-order valence-electron chi connectivity index (χ0n) is 18.2. The Morgan fingerprint density at radius 1 is 1.26 bits per heavy atom. The molecule has 3 rings (SSSR count). The van der Waals surface area contributed by atoms with E-state index in [4.69, 9.17) is 4.74 Å². The fourth-order valence-corrected chi connectivity index (χ4v) is 3.35. The number of ether oxygens (including phenoxy) is 1. The number of hydrogen-bond acceptors (Lipinski definition) is 3. The molecule has 0 aromatic heterocycles. The predicted octanol–water partition coefficient (Wildman–Crippen LogP) is 3.44. The van der Waals surface area contributed by atoms with Gasteiger partial charge < -0.3 is 20.3 Å². The van der Waals surface area contributed by atoms with Gasteiger partial charge in [-0.25, -0.2) is 9.38 Å². The normalized spacial score (nSPS) is 15.2. The number of halogens is 2. The van der Waals surface area contributed by atoms with E-state index in [1.807, 2.05) is 31.2 Å². The van der Waals surface area contributed by atoms with Crippen molar-refractivity contribution in [2.75, 3.05) is 33.8 Å². The standard InChI is InChI=1S/C23H29FN4O2.HI/c1-16-14-18(24)9-8-17(16)10-12-25-23(26-15-22(29)28(2)3)27-20-11-13-30-21-7-5-4-6-19(20)21;/h4-9,14,20H,10-13,15H2,1-3H3,(H2,25,26,27);1H. The quantitative estimate of drug-likeness (QED) is 0.335. The molecule has 2 aromatic carbocycles. The number of guanidine groups is 1. The van der Waals surface area contributed by atoms with E-state index in [9.17, 15) is 9.18 Å². The minimum atomic E-state index is -0.228. The lowest BCUT2D eigenvalue weighted by molar-refractivity contribution is -0.127. The van der Waals surface area contributed by atoms with E-state index in [-0.39, 0.29) is 48.3 Å². The summed E-state index contributed by atoms with van der Waals surface area (Å²) in [6.07, 6.45) is 1.52. The van der Waals surface area contributed by atoms with E-state index >= 15 is 0 Å². The van der Waals surface area contributed by atoms with Crippen LogP contribution in [-0.2, 0) is 11.2 Å². The maximum Gasteiger partial charge on any atom is 0.243 e. The Kier molecular flexibility index (Phi) is 9.54. The molecule has 8 heteroatoms. The predicted molar refractivity (Wildman–Crippen MR) is 132 cm³/mol. The van der Waals surface area contributed by atoms with Crippen LogP contribution in [0.15, 0.2) is 47.5 Å². The van der Waals surface area contributed by atoms with Crippen molar-refractivity contribution in [1.82, 2.24) is 15.5 Å². The van der Waals surface area contributed by atoms with Crippen LogP contribution < -0.4 is 15.4 Å². The summed E-state index contributed by atoms with van der Waals surface area (Å²) in [4.78, 5) is 18.0. The van der Waals surface area contributed by atoms with Gasteiger partial charge in [-0.05, 0) is 42.7 Å². The number of nitrogens with one attached hydrogen (secondary N) is 2. The third kappa shape index (κ3) is 7.09. The zero-order chi connectivity index (χ0) is 21.5. The largest absolute Gasteiger partial charge is 0.493 e. The number of rotatable bonds is 6. The van der Waals surface area contributed by atoms with Crippen molar-refractivity contribution in [3.8, 4) is 5.75 Å². The maximum atomic E-state index is 13.3. The van der Waals surface area contributed by atoms with Gasteiger partial charge in [0.2, 0.25) is 5.91 Å². The molecule has 0 saturated carbocycles. The van der Waals surface area contributed by atoms with Crippen LogP contribution in [0.2, 0.25) is 0 Å². The van der Waals surface area contributed by atoms with Gasteiger partial charge in [0.1, 0.15) is 18.1 Å². The van der Waals surface area contributed by atoms with Gasteiger partial charge in [-0.2, -0.15) is 0 Å².